The fourth-order valence-corrected chi connectivity index (χ4v) is 2.71. The molecule has 0 amide bonds. The summed E-state index contributed by atoms with van der Waals surface area (Å²) in [4.78, 5) is 6.93. The number of aryl methyl sites for hydroxylation is 2. The third-order valence-corrected chi connectivity index (χ3v) is 4.07. The van der Waals surface area contributed by atoms with E-state index in [0.717, 1.165) is 37.2 Å². The molecule has 1 aliphatic rings. The Balaban J connectivity index is 2.36. The highest BCUT2D eigenvalue weighted by Crippen LogP contribution is 2.26. The first kappa shape index (κ1) is 15.6. The lowest BCUT2D eigenvalue weighted by Crippen LogP contribution is -2.27. The van der Waals surface area contributed by atoms with Crippen LogP contribution in [0.25, 0.3) is 0 Å². The molecular weight excluding hydrogens is 264 g/mol. The molecule has 0 saturated heterocycles. The first-order valence-electron chi connectivity index (χ1n) is 7.74. The van der Waals surface area contributed by atoms with Crippen molar-refractivity contribution in [1.29, 1.82) is 0 Å². The van der Waals surface area contributed by atoms with E-state index in [-0.39, 0.29) is 5.84 Å². The van der Waals surface area contributed by atoms with Gasteiger partial charge in [-0.15, -0.1) is 0 Å². The predicted molar refractivity (Wildman–Crippen MR) is 86.1 cm³/mol. The van der Waals surface area contributed by atoms with Gasteiger partial charge in [0.25, 0.3) is 0 Å². The van der Waals surface area contributed by atoms with Gasteiger partial charge in [0.15, 0.2) is 5.84 Å². The summed E-state index contributed by atoms with van der Waals surface area (Å²) in [6.45, 7) is 5.33. The van der Waals surface area contributed by atoms with Crippen LogP contribution >= 0.6 is 0 Å². The Morgan fingerprint density at radius 3 is 2.81 bits per heavy atom. The van der Waals surface area contributed by atoms with E-state index >= 15 is 0 Å². The molecule has 0 fully saturated rings. The molecule has 116 valence electrons. The van der Waals surface area contributed by atoms with Gasteiger partial charge in [0.2, 0.25) is 0 Å². The van der Waals surface area contributed by atoms with E-state index in [0.29, 0.717) is 5.92 Å². The van der Waals surface area contributed by atoms with Crippen molar-refractivity contribution in [2.45, 2.75) is 46.0 Å². The molecule has 0 unspecified atom stereocenters. The van der Waals surface area contributed by atoms with E-state index in [2.05, 4.69) is 30.0 Å². The summed E-state index contributed by atoms with van der Waals surface area (Å²) in [6.07, 6.45) is 5.52. The highest BCUT2D eigenvalue weighted by molar-refractivity contribution is 6.01. The molecule has 2 rings (SSSR count). The molecule has 1 heterocycles. The molecule has 0 atom stereocenters. The number of pyridine rings is 1. The lowest BCUT2D eigenvalue weighted by Gasteiger charge is -2.25. The number of rotatable bonds is 5. The quantitative estimate of drug-likeness (QED) is 0.378. The summed E-state index contributed by atoms with van der Waals surface area (Å²) >= 11 is 0. The zero-order valence-corrected chi connectivity index (χ0v) is 13.3. The van der Waals surface area contributed by atoms with Crippen molar-refractivity contribution in [3.05, 3.63) is 22.9 Å². The van der Waals surface area contributed by atoms with E-state index in [1.165, 1.54) is 24.1 Å². The van der Waals surface area contributed by atoms with Crippen LogP contribution in [0.4, 0.5) is 5.82 Å². The maximum Gasteiger partial charge on any atom is 0.173 e. The molecular formula is C16H26N4O. The summed E-state index contributed by atoms with van der Waals surface area (Å²) < 4.78 is 0. The predicted octanol–water partition coefficient (Wildman–Crippen LogP) is 2.54. The molecule has 0 aliphatic heterocycles. The van der Waals surface area contributed by atoms with Crippen LogP contribution in [0.5, 0.6) is 0 Å². The van der Waals surface area contributed by atoms with Gasteiger partial charge in [-0.3, -0.25) is 0 Å². The molecule has 1 aliphatic carbocycles. The van der Waals surface area contributed by atoms with Gasteiger partial charge in [-0.25, -0.2) is 4.98 Å². The first-order chi connectivity index (χ1) is 10.0. The lowest BCUT2D eigenvalue weighted by molar-refractivity contribution is 0.318. The van der Waals surface area contributed by atoms with E-state index in [1.807, 2.05) is 7.05 Å². The maximum atomic E-state index is 9.03. The topological polar surface area (TPSA) is 74.7 Å². The summed E-state index contributed by atoms with van der Waals surface area (Å²) in [5, 5.41) is 12.2. The van der Waals surface area contributed by atoms with E-state index in [9.17, 15) is 0 Å². The standard InChI is InChI=1S/C16H26N4O/c1-11(2)8-9-20(3)16-13(15(17)19-21)10-12-6-4-5-7-14(12)18-16/h10-11,21H,4-9H2,1-3H3,(H2,17,19). The van der Waals surface area contributed by atoms with Crippen molar-refractivity contribution < 1.29 is 5.21 Å². The van der Waals surface area contributed by atoms with Crippen LogP contribution in [-0.4, -0.2) is 29.6 Å². The number of oxime groups is 1. The van der Waals surface area contributed by atoms with Crippen LogP contribution in [0, 0.1) is 5.92 Å². The largest absolute Gasteiger partial charge is 0.409 e. The van der Waals surface area contributed by atoms with Gasteiger partial charge in [-0.05, 0) is 49.7 Å². The summed E-state index contributed by atoms with van der Waals surface area (Å²) in [5.74, 6) is 1.60. The van der Waals surface area contributed by atoms with Crippen molar-refractivity contribution in [2.75, 3.05) is 18.5 Å². The second-order valence-electron chi connectivity index (χ2n) is 6.26. The molecule has 1 aromatic heterocycles. The average Bonchev–Trinajstić information content (AvgIpc) is 2.50. The zero-order valence-electron chi connectivity index (χ0n) is 13.3. The van der Waals surface area contributed by atoms with Crippen LogP contribution in [0.1, 0.15) is 49.9 Å². The first-order valence-corrected chi connectivity index (χ1v) is 7.74. The normalized spacial score (nSPS) is 15.1. The van der Waals surface area contributed by atoms with Gasteiger partial charge in [0, 0.05) is 19.3 Å². The lowest BCUT2D eigenvalue weighted by atomic mass is 9.94. The van der Waals surface area contributed by atoms with Crippen molar-refractivity contribution in [3.8, 4) is 0 Å². The van der Waals surface area contributed by atoms with Crippen LogP contribution in [0.3, 0.4) is 0 Å². The number of hydrogen-bond acceptors (Lipinski definition) is 4. The SMILES string of the molecule is CC(C)CCN(C)c1nc2c(cc1C(N)=NO)CCCC2. The molecule has 21 heavy (non-hydrogen) atoms. The monoisotopic (exact) mass is 290 g/mol. The Bertz CT molecular complexity index is 525. The number of nitrogens with two attached hydrogens (primary N) is 1. The third-order valence-electron chi connectivity index (χ3n) is 4.07. The van der Waals surface area contributed by atoms with Crippen molar-refractivity contribution in [3.63, 3.8) is 0 Å². The number of nitrogens with zero attached hydrogens (tertiary/aromatic N) is 3. The van der Waals surface area contributed by atoms with Crippen LogP contribution < -0.4 is 10.6 Å². The molecule has 0 spiro atoms. The van der Waals surface area contributed by atoms with Crippen molar-refractivity contribution in [2.24, 2.45) is 16.8 Å². The molecule has 0 radical (unpaired) electrons. The van der Waals surface area contributed by atoms with Gasteiger partial charge < -0.3 is 15.8 Å². The van der Waals surface area contributed by atoms with E-state index < -0.39 is 0 Å². The maximum absolute atomic E-state index is 9.03. The molecule has 0 saturated carbocycles. The van der Waals surface area contributed by atoms with E-state index in [1.54, 1.807) is 0 Å². The average molecular weight is 290 g/mol. The minimum atomic E-state index is 0.141. The summed E-state index contributed by atoms with van der Waals surface area (Å²) in [5.41, 5.74) is 9.00. The van der Waals surface area contributed by atoms with E-state index in [4.69, 9.17) is 15.9 Å². The number of amidine groups is 1. The molecule has 1 aromatic rings. The van der Waals surface area contributed by atoms with Gasteiger partial charge in [0.1, 0.15) is 5.82 Å². The highest BCUT2D eigenvalue weighted by atomic mass is 16.4. The zero-order chi connectivity index (χ0) is 15.4. The number of aromatic nitrogens is 1. The minimum Gasteiger partial charge on any atom is -0.409 e. The number of anilines is 1. The third kappa shape index (κ3) is 3.65. The minimum absolute atomic E-state index is 0.141. The Morgan fingerprint density at radius 1 is 1.43 bits per heavy atom. The van der Waals surface area contributed by atoms with Crippen molar-refractivity contribution in [1.82, 2.24) is 4.98 Å². The Labute approximate surface area is 126 Å². The Kier molecular flexibility index (Phi) is 5.04. The summed E-state index contributed by atoms with van der Waals surface area (Å²) in [6, 6.07) is 2.05. The Morgan fingerprint density at radius 2 is 2.14 bits per heavy atom. The fraction of sp³-hybridized carbons (Fsp3) is 0.625. The van der Waals surface area contributed by atoms with Crippen LogP contribution in [-0.2, 0) is 12.8 Å². The number of hydrogen-bond donors (Lipinski definition) is 2. The second-order valence-corrected chi connectivity index (χ2v) is 6.26. The molecule has 0 bridgehead atoms. The highest BCUT2D eigenvalue weighted by Gasteiger charge is 2.19. The fourth-order valence-electron chi connectivity index (χ4n) is 2.71. The van der Waals surface area contributed by atoms with Crippen molar-refractivity contribution >= 4 is 11.7 Å². The van der Waals surface area contributed by atoms with Gasteiger partial charge in [-0.2, -0.15) is 0 Å². The van der Waals surface area contributed by atoms with Gasteiger partial charge >= 0.3 is 0 Å². The smallest absolute Gasteiger partial charge is 0.173 e. The second kappa shape index (κ2) is 6.78. The Hall–Kier alpha value is -1.78. The summed E-state index contributed by atoms with van der Waals surface area (Å²) in [7, 11) is 2.02. The van der Waals surface area contributed by atoms with Crippen LogP contribution in [0.2, 0.25) is 0 Å². The van der Waals surface area contributed by atoms with Gasteiger partial charge in [0.05, 0.1) is 5.56 Å². The molecule has 0 aromatic carbocycles. The molecule has 5 heteroatoms. The van der Waals surface area contributed by atoms with Gasteiger partial charge in [-0.1, -0.05) is 19.0 Å². The number of fused-ring (bicyclic) bond motifs is 1. The van der Waals surface area contributed by atoms with Crippen LogP contribution in [0.15, 0.2) is 11.2 Å². The molecule has 3 N–H and O–H groups in total. The molecule has 5 nitrogen and oxygen atoms in total.